The highest BCUT2D eigenvalue weighted by molar-refractivity contribution is 6.34. The molecule has 8 nitrogen and oxygen atoms in total. The summed E-state index contributed by atoms with van der Waals surface area (Å²) in [4.78, 5) is 41.1. The summed E-state index contributed by atoms with van der Waals surface area (Å²) in [6, 6.07) is 6.52. The molecule has 0 N–H and O–H groups in total. The second-order valence-corrected chi connectivity index (χ2v) is 11.5. The number of hydrogen-bond acceptors (Lipinski definition) is 6. The van der Waals surface area contributed by atoms with Crippen molar-refractivity contribution < 1.29 is 22.8 Å². The van der Waals surface area contributed by atoms with Crippen LogP contribution >= 0.6 is 24.0 Å². The van der Waals surface area contributed by atoms with E-state index in [0.29, 0.717) is 29.8 Å². The Balaban J connectivity index is 0.00000387. The van der Waals surface area contributed by atoms with E-state index < -0.39 is 29.6 Å². The number of anilines is 3. The van der Waals surface area contributed by atoms with E-state index in [1.165, 1.54) is 16.7 Å². The maximum absolute atomic E-state index is 13.9. The number of para-hydroxylation sites is 1. The van der Waals surface area contributed by atoms with Gasteiger partial charge >= 0.3 is 6.18 Å². The topological polar surface area (TPSA) is 63.2 Å². The number of likely N-dealkylation sites (N-methyl/N-ethyl adjacent to an activating group) is 2. The Morgan fingerprint density at radius 1 is 1.07 bits per heavy atom. The average Bonchev–Trinajstić information content (AvgIpc) is 3.20. The van der Waals surface area contributed by atoms with Crippen molar-refractivity contribution in [3.63, 3.8) is 0 Å². The normalized spacial score (nSPS) is 24.1. The molecular formula is C28H35Cl2F3N6O2. The van der Waals surface area contributed by atoms with E-state index in [1.54, 1.807) is 25.2 Å². The largest absolute Gasteiger partial charge is 0.416 e. The number of carbonyl (C=O) groups is 2. The zero-order valence-electron chi connectivity index (χ0n) is 23.5. The molecule has 2 aromatic rings. The molecule has 3 aliphatic heterocycles. The number of amides is 2. The fourth-order valence-electron chi connectivity index (χ4n) is 6.23. The maximum Gasteiger partial charge on any atom is 0.416 e. The summed E-state index contributed by atoms with van der Waals surface area (Å²) in [7, 11) is 3.73. The van der Waals surface area contributed by atoms with Gasteiger partial charge < -0.3 is 14.7 Å². The first kappa shape index (κ1) is 31.3. The smallest absolute Gasteiger partial charge is 0.367 e. The van der Waals surface area contributed by atoms with Gasteiger partial charge in [-0.3, -0.25) is 19.4 Å². The Labute approximate surface area is 249 Å². The summed E-state index contributed by atoms with van der Waals surface area (Å²) < 4.78 is 40.9. The third-order valence-electron chi connectivity index (χ3n) is 8.25. The van der Waals surface area contributed by atoms with Crippen LogP contribution in [0.1, 0.15) is 24.6 Å². The number of pyridine rings is 1. The van der Waals surface area contributed by atoms with E-state index >= 15 is 0 Å². The Morgan fingerprint density at radius 2 is 1.80 bits per heavy atom. The number of rotatable bonds is 4. The van der Waals surface area contributed by atoms with Crippen LogP contribution in [0, 0.1) is 12.8 Å². The first-order valence-electron chi connectivity index (χ1n) is 13.5. The van der Waals surface area contributed by atoms with Crippen LogP contribution in [0.25, 0.3) is 0 Å². The molecule has 13 heteroatoms. The summed E-state index contributed by atoms with van der Waals surface area (Å²) in [5.41, 5.74) is 0.528. The van der Waals surface area contributed by atoms with Crippen LogP contribution in [0.5, 0.6) is 0 Å². The lowest BCUT2D eigenvalue weighted by atomic mass is 9.95. The minimum absolute atomic E-state index is 0. The van der Waals surface area contributed by atoms with Gasteiger partial charge in [0.15, 0.2) is 0 Å². The molecule has 1 aromatic heterocycles. The average molecular weight is 616 g/mol. The third kappa shape index (κ3) is 6.14. The number of nitrogens with zero attached hydrogens (tertiary/aromatic N) is 6. The highest BCUT2D eigenvalue weighted by atomic mass is 35.5. The highest BCUT2D eigenvalue weighted by Crippen LogP contribution is 2.43. The molecule has 0 aliphatic carbocycles. The van der Waals surface area contributed by atoms with Crippen LogP contribution in [0.2, 0.25) is 5.02 Å². The van der Waals surface area contributed by atoms with Crippen LogP contribution in [0.15, 0.2) is 30.3 Å². The fraction of sp³-hybridized carbons (Fsp3) is 0.536. The van der Waals surface area contributed by atoms with Crippen molar-refractivity contribution in [2.45, 2.75) is 38.5 Å². The van der Waals surface area contributed by atoms with Crippen molar-refractivity contribution in [3.05, 3.63) is 46.6 Å². The molecule has 2 saturated heterocycles. The molecule has 3 atom stereocenters. The molecule has 0 radical (unpaired) electrons. The molecule has 0 unspecified atom stereocenters. The van der Waals surface area contributed by atoms with Crippen LogP contribution < -0.4 is 14.7 Å². The zero-order valence-corrected chi connectivity index (χ0v) is 25.1. The van der Waals surface area contributed by atoms with Crippen molar-refractivity contribution in [2.75, 3.05) is 68.1 Å². The Morgan fingerprint density at radius 3 is 2.49 bits per heavy atom. The van der Waals surface area contributed by atoms with Crippen LogP contribution in [0.3, 0.4) is 0 Å². The van der Waals surface area contributed by atoms with Crippen molar-refractivity contribution in [2.24, 2.45) is 5.92 Å². The van der Waals surface area contributed by atoms with Crippen LogP contribution in [-0.4, -0.2) is 92.0 Å². The van der Waals surface area contributed by atoms with Crippen molar-refractivity contribution in [1.82, 2.24) is 14.8 Å². The molecule has 0 saturated carbocycles. The first-order valence-corrected chi connectivity index (χ1v) is 13.8. The second kappa shape index (κ2) is 11.9. The van der Waals surface area contributed by atoms with Crippen molar-refractivity contribution in [1.29, 1.82) is 0 Å². The molecule has 2 amide bonds. The minimum atomic E-state index is -4.61. The van der Waals surface area contributed by atoms with Crippen LogP contribution in [0.4, 0.5) is 30.4 Å². The standard InChI is InChI=1S/C28H34ClF3N6O2.ClH/c1-17-12-20(28(30,31)32)14-23(33-17)38-24(39)13-19-16-37(11-10-36-9-8-34(3)15-18(36)2)26-21(29)6-5-7-22(26)35(4)27(40)25(19)38;/h5-7,12,14,18-19,25H,8-11,13,15-16H2,1-4H3;1H/t18-,19+,25-;/m0./s1. The maximum atomic E-state index is 13.9. The molecule has 1 aromatic carbocycles. The number of aromatic nitrogens is 1. The fourth-order valence-corrected chi connectivity index (χ4v) is 6.52. The second-order valence-electron chi connectivity index (χ2n) is 11.1. The molecule has 224 valence electrons. The van der Waals surface area contributed by atoms with Gasteiger partial charge in [0.2, 0.25) is 11.8 Å². The van der Waals surface area contributed by atoms with Gasteiger partial charge in [-0.2, -0.15) is 13.2 Å². The van der Waals surface area contributed by atoms with E-state index in [-0.39, 0.29) is 36.2 Å². The van der Waals surface area contributed by atoms with Gasteiger partial charge in [0, 0.05) is 70.4 Å². The molecule has 5 rings (SSSR count). The summed E-state index contributed by atoms with van der Waals surface area (Å²) in [5, 5.41) is 0.498. The van der Waals surface area contributed by atoms with Gasteiger partial charge in [0.1, 0.15) is 11.9 Å². The SMILES string of the molecule is Cc1cc(C(F)(F)F)cc(N2C(=O)C[C@@H]3CN(CCN4CCN(C)C[C@@H]4C)c4c(Cl)cccc4N(C)C(=O)[C@H]32)n1.Cl. The van der Waals surface area contributed by atoms with Gasteiger partial charge in [-0.05, 0) is 45.2 Å². The highest BCUT2D eigenvalue weighted by Gasteiger charge is 2.49. The number of halogens is 5. The lowest BCUT2D eigenvalue weighted by molar-refractivity contribution is -0.137. The Hall–Kier alpha value is -2.60. The monoisotopic (exact) mass is 614 g/mol. The van der Waals surface area contributed by atoms with E-state index in [9.17, 15) is 22.8 Å². The van der Waals surface area contributed by atoms with E-state index in [0.717, 1.165) is 44.0 Å². The van der Waals surface area contributed by atoms with Gasteiger partial charge in [-0.1, -0.05) is 17.7 Å². The van der Waals surface area contributed by atoms with Gasteiger partial charge in [-0.25, -0.2) is 4.98 Å². The molecular weight excluding hydrogens is 580 g/mol. The lowest BCUT2D eigenvalue weighted by Gasteiger charge is -2.42. The number of fused-ring (bicyclic) bond motifs is 2. The van der Waals surface area contributed by atoms with Gasteiger partial charge in [0.05, 0.1) is 22.0 Å². The number of carbonyl (C=O) groups excluding carboxylic acids is 2. The first-order chi connectivity index (χ1) is 18.8. The van der Waals surface area contributed by atoms with Crippen LogP contribution in [-0.2, 0) is 15.8 Å². The Bertz CT molecular complexity index is 1310. The summed E-state index contributed by atoms with van der Waals surface area (Å²) in [6.45, 7) is 8.24. The van der Waals surface area contributed by atoms with E-state index in [1.807, 2.05) is 0 Å². The Kier molecular flexibility index (Phi) is 9.13. The predicted octanol–water partition coefficient (Wildman–Crippen LogP) is 4.32. The lowest BCUT2D eigenvalue weighted by Crippen LogP contribution is -2.54. The number of hydrogen-bond donors (Lipinski definition) is 0. The summed E-state index contributed by atoms with van der Waals surface area (Å²) in [5.74, 6) is -1.43. The molecule has 0 bridgehead atoms. The molecule has 4 heterocycles. The molecule has 0 spiro atoms. The zero-order chi connectivity index (χ0) is 28.9. The molecule has 2 fully saturated rings. The van der Waals surface area contributed by atoms with E-state index in [4.69, 9.17) is 11.6 Å². The quantitative estimate of drug-likeness (QED) is 0.511. The third-order valence-corrected chi connectivity index (χ3v) is 8.56. The summed E-state index contributed by atoms with van der Waals surface area (Å²) >= 11 is 6.72. The number of benzene rings is 1. The predicted molar refractivity (Wildman–Crippen MR) is 156 cm³/mol. The van der Waals surface area contributed by atoms with Gasteiger partial charge in [0.25, 0.3) is 0 Å². The molecule has 41 heavy (non-hydrogen) atoms. The number of aryl methyl sites for hydroxylation is 1. The summed E-state index contributed by atoms with van der Waals surface area (Å²) in [6.07, 6.45) is -4.60. The minimum Gasteiger partial charge on any atom is -0.367 e. The number of piperazine rings is 1. The van der Waals surface area contributed by atoms with E-state index in [2.05, 4.69) is 33.7 Å². The van der Waals surface area contributed by atoms with Crippen molar-refractivity contribution in [3.8, 4) is 0 Å². The molecule has 3 aliphatic rings. The van der Waals surface area contributed by atoms with Gasteiger partial charge in [-0.15, -0.1) is 12.4 Å². The number of alkyl halides is 3. The van der Waals surface area contributed by atoms with Crippen molar-refractivity contribution >= 4 is 53.0 Å².